The fourth-order valence-corrected chi connectivity index (χ4v) is 1.72. The molecule has 2 heterocycles. The Morgan fingerprint density at radius 1 is 1.47 bits per heavy atom. The number of H-pyrrole nitrogens is 1. The Morgan fingerprint density at radius 3 is 2.67 bits per heavy atom. The van der Waals surface area contributed by atoms with Crippen molar-refractivity contribution in [3.63, 3.8) is 0 Å². The molecule has 1 unspecified atom stereocenters. The summed E-state index contributed by atoms with van der Waals surface area (Å²) < 4.78 is 37.1. The Balaban J connectivity index is 0.00000112. The largest absolute Gasteiger partial charge is 1.00 e. The zero-order valence-corrected chi connectivity index (χ0v) is 11.6. The Labute approximate surface area is 128 Å². The van der Waals surface area contributed by atoms with E-state index >= 15 is 0 Å². The van der Waals surface area contributed by atoms with E-state index < -0.39 is 12.8 Å². The average Bonchev–Trinajstić information content (AvgIpc) is 2.73. The second kappa shape index (κ2) is 5.22. The summed E-state index contributed by atoms with van der Waals surface area (Å²) in [4.78, 5) is 8.37. The Morgan fingerprint density at radius 2 is 2.20 bits per heavy atom. The number of anilines is 1. The maximum Gasteiger partial charge on any atom is 1.00 e. The van der Waals surface area contributed by atoms with Crippen LogP contribution in [0.1, 0.15) is 6.42 Å². The van der Waals surface area contributed by atoms with Gasteiger partial charge in [0.2, 0.25) is 5.95 Å². The van der Waals surface area contributed by atoms with Crippen molar-refractivity contribution in [2.45, 2.75) is 12.2 Å². The van der Waals surface area contributed by atoms with Gasteiger partial charge in [0.1, 0.15) is 0 Å². The van der Waals surface area contributed by atoms with Gasteiger partial charge in [-0.05, 0) is 6.54 Å². The van der Waals surface area contributed by atoms with Gasteiger partial charge in [0.15, 0.2) is 0 Å². The maximum absolute atomic E-state index is 12.4. The molecule has 15 heavy (non-hydrogen) atoms. The third kappa shape index (κ3) is 3.23. The van der Waals surface area contributed by atoms with E-state index in [1.807, 2.05) is 0 Å². The first-order chi connectivity index (χ1) is 6.57. The van der Waals surface area contributed by atoms with Crippen LogP contribution in [0.15, 0.2) is 12.4 Å². The molecule has 1 aromatic rings. The van der Waals surface area contributed by atoms with Crippen LogP contribution in [0.4, 0.5) is 18.9 Å². The second-order valence-corrected chi connectivity index (χ2v) is 3.53. The molecule has 0 radical (unpaired) electrons. The van der Waals surface area contributed by atoms with Gasteiger partial charge in [-0.15, -0.1) is 0 Å². The summed E-state index contributed by atoms with van der Waals surface area (Å²) in [5.74, 6) is -0.618. The van der Waals surface area contributed by atoms with Gasteiger partial charge in [-0.1, -0.05) is 12.2 Å². The molecule has 0 bridgehead atoms. The Kier molecular flexibility index (Phi) is 4.72. The van der Waals surface area contributed by atoms with E-state index in [2.05, 4.69) is 9.97 Å². The normalized spacial score (nSPS) is 21.5. The van der Waals surface area contributed by atoms with Crippen LogP contribution in [0.5, 0.6) is 0 Å². The zero-order chi connectivity index (χ0) is 10.2. The van der Waals surface area contributed by atoms with E-state index in [4.69, 9.17) is 0 Å². The summed E-state index contributed by atoms with van der Waals surface area (Å²) in [5.41, 5.74) is 0. The first kappa shape index (κ1) is 13.6. The molecule has 1 N–H and O–H groups in total. The minimum atomic E-state index is -4.70. The molecule has 0 aliphatic carbocycles. The van der Waals surface area contributed by atoms with Crippen molar-refractivity contribution in [1.29, 1.82) is 0 Å². The Bertz CT molecular complexity index is 303. The SMILES string of the molecule is F[B-](F)(F)C1CCN(c2ncc[nH]2)C1.[K+]. The zero-order valence-electron chi connectivity index (χ0n) is 8.46. The first-order valence-corrected chi connectivity index (χ1v) is 4.51. The smallest absolute Gasteiger partial charge is 0.449 e. The van der Waals surface area contributed by atoms with Gasteiger partial charge in [0.25, 0.3) is 0 Å². The molecule has 1 aliphatic heterocycles. The van der Waals surface area contributed by atoms with Crippen LogP contribution < -0.4 is 56.3 Å². The summed E-state index contributed by atoms with van der Waals surface area (Å²) in [6.07, 6.45) is 3.34. The van der Waals surface area contributed by atoms with Gasteiger partial charge in [0, 0.05) is 18.9 Å². The topological polar surface area (TPSA) is 31.9 Å². The van der Waals surface area contributed by atoms with E-state index in [9.17, 15) is 12.9 Å². The molecule has 1 aliphatic rings. The fourth-order valence-electron chi connectivity index (χ4n) is 1.72. The van der Waals surface area contributed by atoms with E-state index in [1.54, 1.807) is 17.3 Å². The van der Waals surface area contributed by atoms with Crippen molar-refractivity contribution in [3.8, 4) is 0 Å². The van der Waals surface area contributed by atoms with Crippen molar-refractivity contribution in [2.75, 3.05) is 18.0 Å². The third-order valence-electron chi connectivity index (χ3n) is 2.54. The second-order valence-electron chi connectivity index (χ2n) is 3.53. The number of imidazole rings is 1. The number of nitrogens with one attached hydrogen (secondary N) is 1. The first-order valence-electron chi connectivity index (χ1n) is 4.51. The van der Waals surface area contributed by atoms with E-state index in [0.717, 1.165) is 0 Å². The van der Waals surface area contributed by atoms with Crippen LogP contribution in [0.3, 0.4) is 0 Å². The summed E-state index contributed by atoms with van der Waals surface area (Å²) in [6, 6.07) is 0. The average molecular weight is 243 g/mol. The van der Waals surface area contributed by atoms with Gasteiger partial charge in [-0.2, -0.15) is 0 Å². The predicted molar refractivity (Wildman–Crippen MR) is 48.2 cm³/mol. The van der Waals surface area contributed by atoms with Gasteiger partial charge in [-0.3, -0.25) is 0 Å². The van der Waals surface area contributed by atoms with Gasteiger partial charge < -0.3 is 22.8 Å². The molecular weight excluding hydrogens is 233 g/mol. The minimum Gasteiger partial charge on any atom is -0.449 e. The number of aromatic nitrogens is 2. The molecule has 2 rings (SSSR count). The van der Waals surface area contributed by atoms with Crippen molar-refractivity contribution >= 4 is 12.9 Å². The molecule has 1 fully saturated rings. The number of rotatable bonds is 2. The van der Waals surface area contributed by atoms with Crippen LogP contribution in [0, 0.1) is 0 Å². The van der Waals surface area contributed by atoms with Crippen LogP contribution in [0.25, 0.3) is 0 Å². The molecule has 0 saturated carbocycles. The molecule has 0 amide bonds. The molecule has 0 spiro atoms. The molecule has 1 saturated heterocycles. The third-order valence-corrected chi connectivity index (χ3v) is 2.54. The quantitative estimate of drug-likeness (QED) is 0.664. The number of halogens is 3. The molecule has 8 heteroatoms. The summed E-state index contributed by atoms with van der Waals surface area (Å²) >= 11 is 0. The van der Waals surface area contributed by atoms with Crippen LogP contribution in [-0.2, 0) is 0 Å². The van der Waals surface area contributed by atoms with Crippen LogP contribution in [-0.4, -0.2) is 30.0 Å². The summed E-state index contributed by atoms with van der Waals surface area (Å²) in [6.45, 7) is -4.23. The van der Waals surface area contributed by atoms with Crippen molar-refractivity contribution in [1.82, 2.24) is 9.97 Å². The van der Waals surface area contributed by atoms with Gasteiger partial charge >= 0.3 is 58.4 Å². The van der Waals surface area contributed by atoms with Gasteiger partial charge in [0.05, 0.1) is 0 Å². The molecular formula is C7H10BF3KN3. The molecule has 3 nitrogen and oxygen atoms in total. The van der Waals surface area contributed by atoms with Crippen LogP contribution >= 0.6 is 0 Å². The number of hydrogen-bond acceptors (Lipinski definition) is 2. The summed E-state index contributed by atoms with van der Waals surface area (Å²) in [5, 5.41) is 0. The molecule has 1 atom stereocenters. The molecule has 0 aromatic carbocycles. The molecule has 78 valence electrons. The Hall–Kier alpha value is 0.501. The van der Waals surface area contributed by atoms with Crippen molar-refractivity contribution in [2.24, 2.45) is 0 Å². The van der Waals surface area contributed by atoms with E-state index in [-0.39, 0.29) is 64.4 Å². The van der Waals surface area contributed by atoms with Crippen molar-refractivity contribution in [3.05, 3.63) is 12.4 Å². The van der Waals surface area contributed by atoms with Gasteiger partial charge in [-0.25, -0.2) is 4.98 Å². The monoisotopic (exact) mass is 243 g/mol. The number of aromatic amines is 1. The van der Waals surface area contributed by atoms with Crippen LogP contribution in [0.2, 0.25) is 5.82 Å². The fraction of sp³-hybridized carbons (Fsp3) is 0.571. The van der Waals surface area contributed by atoms with Crippen molar-refractivity contribution < 1.29 is 64.3 Å². The van der Waals surface area contributed by atoms with E-state index in [1.165, 1.54) is 0 Å². The summed E-state index contributed by atoms with van der Waals surface area (Å²) in [7, 11) is 0. The maximum atomic E-state index is 12.4. The standard InChI is InChI=1S/C7H10BF3N3.K/c9-8(10,11)6-1-4-14(5-6)7-12-2-3-13-7;/h2-3,6H,1,4-5H2,(H,12,13);/q-1;+1. The minimum absolute atomic E-state index is 0. The number of hydrogen-bond donors (Lipinski definition) is 1. The molecule has 1 aromatic heterocycles. The predicted octanol–water partition coefficient (Wildman–Crippen LogP) is -1.16. The van der Waals surface area contributed by atoms with E-state index in [0.29, 0.717) is 12.5 Å². The number of nitrogens with zero attached hydrogens (tertiary/aromatic N) is 2.